The molecule has 0 amide bonds. The summed E-state index contributed by atoms with van der Waals surface area (Å²) >= 11 is 0. The third kappa shape index (κ3) is 0.828. The van der Waals surface area contributed by atoms with E-state index < -0.39 is 0 Å². The minimum Gasteiger partial charge on any atom is -0.508 e. The van der Waals surface area contributed by atoms with Gasteiger partial charge in [-0.15, -0.1) is 0 Å². The first-order valence-electron chi connectivity index (χ1n) is 3.70. The van der Waals surface area contributed by atoms with Crippen LogP contribution in [0.3, 0.4) is 0 Å². The predicted molar refractivity (Wildman–Crippen MR) is 43.6 cm³/mol. The first-order chi connectivity index (χ1) is 5.22. The largest absolute Gasteiger partial charge is 0.508 e. The van der Waals surface area contributed by atoms with E-state index >= 15 is 0 Å². The number of rotatable bonds is 1. The van der Waals surface area contributed by atoms with Gasteiger partial charge in [-0.05, 0) is 25.7 Å². The Morgan fingerprint density at radius 3 is 2.64 bits per heavy atom. The lowest BCUT2D eigenvalue weighted by atomic mass is 10.3. The smallest absolute Gasteiger partial charge is 0.121 e. The molecule has 0 aromatic heterocycles. The van der Waals surface area contributed by atoms with Crippen molar-refractivity contribution in [3.63, 3.8) is 0 Å². The third-order valence-electron chi connectivity index (χ3n) is 2.12. The van der Waals surface area contributed by atoms with Crippen LogP contribution in [0.4, 0.5) is 0 Å². The Balaban J connectivity index is 2.37. The standard InChI is InChI=1S/C9H11NO/c1-10(2)9-6-4-3-5-7(11)8(6)9/h3-5,9,11H,1-2H3. The number of phenolic OH excluding ortho intramolecular Hbond substituents is 1. The summed E-state index contributed by atoms with van der Waals surface area (Å²) in [6.07, 6.45) is 0. The summed E-state index contributed by atoms with van der Waals surface area (Å²) in [6, 6.07) is 6.05. The molecule has 2 rings (SSSR count). The molecule has 0 heterocycles. The molecule has 1 aromatic rings. The molecular weight excluding hydrogens is 138 g/mol. The van der Waals surface area contributed by atoms with Crippen LogP contribution in [0.1, 0.15) is 17.2 Å². The Labute approximate surface area is 66.1 Å². The lowest BCUT2D eigenvalue weighted by Crippen LogP contribution is -2.08. The molecule has 1 atom stereocenters. The highest BCUT2D eigenvalue weighted by Crippen LogP contribution is 2.49. The van der Waals surface area contributed by atoms with Gasteiger partial charge in [-0.25, -0.2) is 0 Å². The van der Waals surface area contributed by atoms with E-state index in [0.29, 0.717) is 11.8 Å². The van der Waals surface area contributed by atoms with E-state index in [-0.39, 0.29) is 0 Å². The van der Waals surface area contributed by atoms with Gasteiger partial charge in [-0.3, -0.25) is 4.90 Å². The van der Waals surface area contributed by atoms with E-state index in [4.69, 9.17) is 0 Å². The number of benzene rings is 1. The van der Waals surface area contributed by atoms with Crippen molar-refractivity contribution in [2.45, 2.75) is 6.04 Å². The van der Waals surface area contributed by atoms with Crippen LogP contribution in [0.5, 0.6) is 5.75 Å². The molecular formula is C9H11NO. The number of fused-ring (bicyclic) bond motifs is 1. The topological polar surface area (TPSA) is 23.5 Å². The van der Waals surface area contributed by atoms with Gasteiger partial charge < -0.3 is 5.11 Å². The molecule has 2 nitrogen and oxygen atoms in total. The Hall–Kier alpha value is -1.02. The van der Waals surface area contributed by atoms with E-state index in [0.717, 1.165) is 5.56 Å². The monoisotopic (exact) mass is 149 g/mol. The van der Waals surface area contributed by atoms with Gasteiger partial charge in [-0.2, -0.15) is 0 Å². The minimum absolute atomic E-state index is 0.366. The molecule has 0 saturated heterocycles. The van der Waals surface area contributed by atoms with Crippen LogP contribution in [0.2, 0.25) is 0 Å². The zero-order chi connectivity index (χ0) is 8.01. The van der Waals surface area contributed by atoms with Gasteiger partial charge in [0.2, 0.25) is 0 Å². The van der Waals surface area contributed by atoms with Crippen LogP contribution in [-0.2, 0) is 0 Å². The first kappa shape index (κ1) is 6.68. The summed E-state index contributed by atoms with van der Waals surface area (Å²) < 4.78 is 0. The molecule has 1 aromatic carbocycles. The second kappa shape index (κ2) is 1.98. The Morgan fingerprint density at radius 2 is 2.09 bits per heavy atom. The number of hydrogen-bond acceptors (Lipinski definition) is 2. The SMILES string of the molecule is CN(C)C1c2cccc(O)c21. The molecule has 1 unspecified atom stereocenters. The Bertz CT molecular complexity index is 294. The Kier molecular flexibility index (Phi) is 1.20. The average Bonchev–Trinajstić information content (AvgIpc) is 2.62. The van der Waals surface area contributed by atoms with E-state index in [1.807, 2.05) is 20.2 Å². The number of aromatic hydroxyl groups is 1. The van der Waals surface area contributed by atoms with Crippen molar-refractivity contribution in [2.24, 2.45) is 0 Å². The lowest BCUT2D eigenvalue weighted by Gasteiger charge is -2.05. The van der Waals surface area contributed by atoms with Crippen LogP contribution in [0, 0.1) is 0 Å². The summed E-state index contributed by atoms with van der Waals surface area (Å²) in [7, 11) is 4.04. The zero-order valence-corrected chi connectivity index (χ0v) is 6.70. The van der Waals surface area contributed by atoms with Crippen molar-refractivity contribution in [3.8, 4) is 5.75 Å². The van der Waals surface area contributed by atoms with E-state index in [1.165, 1.54) is 5.56 Å². The molecule has 0 aliphatic heterocycles. The minimum atomic E-state index is 0.366. The van der Waals surface area contributed by atoms with Crippen molar-refractivity contribution >= 4 is 0 Å². The highest BCUT2D eigenvalue weighted by Gasteiger charge is 2.36. The van der Waals surface area contributed by atoms with Crippen LogP contribution in [0.25, 0.3) is 0 Å². The second-order valence-corrected chi connectivity index (χ2v) is 3.15. The summed E-state index contributed by atoms with van der Waals surface area (Å²) in [5.41, 5.74) is 2.35. The summed E-state index contributed by atoms with van der Waals surface area (Å²) in [4.78, 5) is 2.10. The molecule has 1 aliphatic carbocycles. The normalized spacial score (nSPS) is 20.1. The maximum atomic E-state index is 9.36. The average molecular weight is 149 g/mol. The molecule has 2 heteroatoms. The van der Waals surface area contributed by atoms with Crippen LogP contribution in [-0.4, -0.2) is 24.1 Å². The van der Waals surface area contributed by atoms with Gasteiger partial charge in [0.25, 0.3) is 0 Å². The highest BCUT2D eigenvalue weighted by molar-refractivity contribution is 5.59. The van der Waals surface area contributed by atoms with E-state index in [2.05, 4.69) is 11.0 Å². The number of nitrogens with zero attached hydrogens (tertiary/aromatic N) is 1. The molecule has 0 spiro atoms. The fourth-order valence-corrected chi connectivity index (χ4v) is 1.56. The second-order valence-electron chi connectivity index (χ2n) is 3.15. The van der Waals surface area contributed by atoms with Gasteiger partial charge in [0.15, 0.2) is 0 Å². The van der Waals surface area contributed by atoms with Crippen LogP contribution >= 0.6 is 0 Å². The fourth-order valence-electron chi connectivity index (χ4n) is 1.56. The van der Waals surface area contributed by atoms with E-state index in [1.54, 1.807) is 6.07 Å². The maximum Gasteiger partial charge on any atom is 0.121 e. The molecule has 0 radical (unpaired) electrons. The summed E-state index contributed by atoms with van der Waals surface area (Å²) in [6.45, 7) is 0. The van der Waals surface area contributed by atoms with Crippen molar-refractivity contribution in [1.82, 2.24) is 4.90 Å². The van der Waals surface area contributed by atoms with Gasteiger partial charge in [-0.1, -0.05) is 12.1 Å². The molecule has 0 saturated carbocycles. The quantitative estimate of drug-likeness (QED) is 0.651. The number of hydrogen-bond donors (Lipinski definition) is 1. The van der Waals surface area contributed by atoms with Crippen molar-refractivity contribution in [2.75, 3.05) is 14.1 Å². The maximum absolute atomic E-state index is 9.36. The molecule has 58 valence electrons. The van der Waals surface area contributed by atoms with Crippen molar-refractivity contribution in [3.05, 3.63) is 29.3 Å². The summed E-state index contributed by atoms with van der Waals surface area (Å²) in [5.74, 6) is 0.432. The molecule has 0 fully saturated rings. The highest BCUT2D eigenvalue weighted by atomic mass is 16.3. The Morgan fingerprint density at radius 1 is 1.36 bits per heavy atom. The van der Waals surface area contributed by atoms with E-state index in [9.17, 15) is 5.11 Å². The molecule has 0 bridgehead atoms. The van der Waals surface area contributed by atoms with Gasteiger partial charge >= 0.3 is 0 Å². The molecule has 1 N–H and O–H groups in total. The zero-order valence-electron chi connectivity index (χ0n) is 6.70. The fraction of sp³-hybridized carbons (Fsp3) is 0.333. The predicted octanol–water partition coefficient (Wildman–Crippen LogP) is 1.36. The third-order valence-corrected chi connectivity index (χ3v) is 2.12. The van der Waals surface area contributed by atoms with Gasteiger partial charge in [0, 0.05) is 5.56 Å². The first-order valence-corrected chi connectivity index (χ1v) is 3.70. The van der Waals surface area contributed by atoms with Gasteiger partial charge in [0.05, 0.1) is 6.04 Å². The van der Waals surface area contributed by atoms with Crippen LogP contribution in [0.15, 0.2) is 18.2 Å². The lowest BCUT2D eigenvalue weighted by molar-refractivity contribution is 0.381. The van der Waals surface area contributed by atoms with Crippen molar-refractivity contribution < 1.29 is 5.11 Å². The molecule has 1 aliphatic rings. The molecule has 11 heavy (non-hydrogen) atoms. The number of phenols is 1. The van der Waals surface area contributed by atoms with Gasteiger partial charge in [0.1, 0.15) is 5.75 Å². The summed E-state index contributed by atoms with van der Waals surface area (Å²) in [5, 5.41) is 9.36. The van der Waals surface area contributed by atoms with Crippen molar-refractivity contribution in [1.29, 1.82) is 0 Å². The van der Waals surface area contributed by atoms with Crippen LogP contribution < -0.4 is 0 Å².